The molecule has 3 nitrogen and oxygen atoms in total. The van der Waals surface area contributed by atoms with E-state index in [9.17, 15) is 0 Å². The van der Waals surface area contributed by atoms with Gasteiger partial charge in [-0.05, 0) is 13.8 Å². The Morgan fingerprint density at radius 3 is 3.00 bits per heavy atom. The van der Waals surface area contributed by atoms with Crippen molar-refractivity contribution >= 4 is 15.9 Å². The summed E-state index contributed by atoms with van der Waals surface area (Å²) >= 11 is 3.53. The zero-order chi connectivity index (χ0) is 9.22. The van der Waals surface area contributed by atoms with Crippen molar-refractivity contribution in [3.05, 3.63) is 10.6 Å². The maximum Gasteiger partial charge on any atom is 0.164 e. The Labute approximate surface area is 85.6 Å². The predicted molar refractivity (Wildman–Crippen MR) is 51.5 cm³/mol. The van der Waals surface area contributed by atoms with Gasteiger partial charge in [0.1, 0.15) is 12.2 Å². The van der Waals surface area contributed by atoms with E-state index >= 15 is 0 Å². The van der Waals surface area contributed by atoms with E-state index in [4.69, 9.17) is 9.47 Å². The smallest absolute Gasteiger partial charge is 0.164 e. The van der Waals surface area contributed by atoms with Crippen molar-refractivity contribution in [2.24, 2.45) is 0 Å². The minimum atomic E-state index is -0.443. The number of hydrogen-bond donors (Lipinski definition) is 1. The molecular formula is C9H12BrNO2. The van der Waals surface area contributed by atoms with Gasteiger partial charge < -0.3 is 14.8 Å². The third kappa shape index (κ3) is 1.20. The third-order valence-electron chi connectivity index (χ3n) is 2.76. The van der Waals surface area contributed by atoms with Crippen LogP contribution in [0.5, 0.6) is 0 Å². The molecule has 2 fully saturated rings. The average molecular weight is 246 g/mol. The first-order valence-corrected chi connectivity index (χ1v) is 5.35. The summed E-state index contributed by atoms with van der Waals surface area (Å²) in [5, 5.41) is 3.36. The van der Waals surface area contributed by atoms with Crippen LogP contribution in [0.3, 0.4) is 0 Å². The van der Waals surface area contributed by atoms with Gasteiger partial charge in [0.05, 0.1) is 6.04 Å². The second-order valence-electron chi connectivity index (χ2n) is 4.29. The first kappa shape index (κ1) is 8.41. The molecule has 0 radical (unpaired) electrons. The molecule has 0 aromatic carbocycles. The van der Waals surface area contributed by atoms with Crippen LogP contribution in [0.25, 0.3) is 0 Å². The van der Waals surface area contributed by atoms with E-state index in [0.717, 1.165) is 4.48 Å². The molecule has 3 aliphatic rings. The number of nitrogens with one attached hydrogen (secondary N) is 1. The summed E-state index contributed by atoms with van der Waals surface area (Å²) in [7, 11) is 0. The molecule has 0 spiro atoms. The summed E-state index contributed by atoms with van der Waals surface area (Å²) in [6.07, 6.45) is 2.45. The Morgan fingerprint density at radius 2 is 2.23 bits per heavy atom. The quantitative estimate of drug-likeness (QED) is 0.651. The van der Waals surface area contributed by atoms with Crippen molar-refractivity contribution in [3.63, 3.8) is 0 Å². The summed E-state index contributed by atoms with van der Waals surface area (Å²) < 4.78 is 12.7. The maximum absolute atomic E-state index is 5.82. The Morgan fingerprint density at radius 1 is 1.46 bits per heavy atom. The molecule has 0 amide bonds. The van der Waals surface area contributed by atoms with Gasteiger partial charge in [0.2, 0.25) is 0 Å². The minimum absolute atomic E-state index is 0.0891. The molecule has 1 N–H and O–H groups in total. The van der Waals surface area contributed by atoms with E-state index in [-0.39, 0.29) is 12.2 Å². The van der Waals surface area contributed by atoms with Gasteiger partial charge in [-0.15, -0.1) is 0 Å². The van der Waals surface area contributed by atoms with E-state index in [1.807, 2.05) is 13.8 Å². The van der Waals surface area contributed by atoms with Gasteiger partial charge in [-0.25, -0.2) is 0 Å². The lowest BCUT2D eigenvalue weighted by Crippen LogP contribution is -2.33. The minimum Gasteiger partial charge on any atom is -0.342 e. The summed E-state index contributed by atoms with van der Waals surface area (Å²) in [6, 6.07) is 0.959. The number of halogens is 1. The predicted octanol–water partition coefficient (Wildman–Crippen LogP) is 1.14. The lowest BCUT2D eigenvalue weighted by atomic mass is 10.0. The van der Waals surface area contributed by atoms with Crippen LogP contribution >= 0.6 is 15.9 Å². The van der Waals surface area contributed by atoms with E-state index in [1.54, 1.807) is 0 Å². The van der Waals surface area contributed by atoms with Crippen LogP contribution in [0, 0.1) is 0 Å². The van der Waals surface area contributed by atoms with Gasteiger partial charge >= 0.3 is 0 Å². The molecule has 3 rings (SSSR count). The second kappa shape index (κ2) is 2.37. The molecule has 0 aromatic rings. The fourth-order valence-electron chi connectivity index (χ4n) is 2.15. The molecule has 72 valence electrons. The van der Waals surface area contributed by atoms with Crippen LogP contribution in [0.4, 0.5) is 0 Å². The van der Waals surface area contributed by atoms with Crippen molar-refractivity contribution in [1.82, 2.24) is 5.32 Å². The van der Waals surface area contributed by atoms with Crippen LogP contribution in [0.2, 0.25) is 0 Å². The van der Waals surface area contributed by atoms with Crippen molar-refractivity contribution < 1.29 is 9.47 Å². The zero-order valence-corrected chi connectivity index (χ0v) is 9.17. The van der Waals surface area contributed by atoms with Gasteiger partial charge in [0.15, 0.2) is 5.79 Å². The van der Waals surface area contributed by atoms with Gasteiger partial charge in [0, 0.05) is 10.5 Å². The van der Waals surface area contributed by atoms with Gasteiger partial charge in [0.25, 0.3) is 0 Å². The Balaban J connectivity index is 1.93. The molecule has 0 saturated carbocycles. The normalized spacial score (nSPS) is 50.8. The van der Waals surface area contributed by atoms with E-state index < -0.39 is 5.79 Å². The van der Waals surface area contributed by atoms with Gasteiger partial charge in [-0.2, -0.15) is 0 Å². The topological polar surface area (TPSA) is 40.4 Å². The summed E-state index contributed by atoms with van der Waals surface area (Å²) in [5.74, 6) is -0.443. The molecule has 1 aliphatic carbocycles. The first-order valence-electron chi connectivity index (χ1n) is 4.56. The Kier molecular flexibility index (Phi) is 1.53. The van der Waals surface area contributed by atoms with Crippen LogP contribution < -0.4 is 5.32 Å². The highest BCUT2D eigenvalue weighted by atomic mass is 79.9. The molecule has 2 heterocycles. The third-order valence-corrected chi connectivity index (χ3v) is 3.47. The Hall–Kier alpha value is 0.1000. The molecule has 4 heteroatoms. The lowest BCUT2D eigenvalue weighted by molar-refractivity contribution is -0.142. The average Bonchev–Trinajstić information content (AvgIpc) is 2.68. The van der Waals surface area contributed by atoms with Crippen LogP contribution in [-0.4, -0.2) is 30.1 Å². The number of hydrogen-bond acceptors (Lipinski definition) is 3. The molecular weight excluding hydrogens is 234 g/mol. The van der Waals surface area contributed by atoms with E-state index in [2.05, 4.69) is 27.3 Å². The lowest BCUT2D eigenvalue weighted by Gasteiger charge is -2.18. The van der Waals surface area contributed by atoms with Crippen LogP contribution in [0.1, 0.15) is 13.8 Å². The summed E-state index contributed by atoms with van der Waals surface area (Å²) in [4.78, 5) is 0. The van der Waals surface area contributed by atoms with E-state index in [0.29, 0.717) is 12.1 Å². The highest BCUT2D eigenvalue weighted by Crippen LogP contribution is 2.43. The fraction of sp³-hybridized carbons (Fsp3) is 0.778. The van der Waals surface area contributed by atoms with Crippen molar-refractivity contribution in [1.29, 1.82) is 0 Å². The number of ether oxygens (including phenoxy) is 2. The monoisotopic (exact) mass is 245 g/mol. The van der Waals surface area contributed by atoms with Crippen molar-refractivity contribution in [2.45, 2.75) is 43.9 Å². The highest BCUT2D eigenvalue weighted by Gasteiger charge is 2.56. The zero-order valence-electron chi connectivity index (χ0n) is 7.58. The van der Waals surface area contributed by atoms with Crippen molar-refractivity contribution in [3.8, 4) is 0 Å². The molecule has 13 heavy (non-hydrogen) atoms. The van der Waals surface area contributed by atoms with Gasteiger partial charge in [-0.3, -0.25) is 0 Å². The van der Waals surface area contributed by atoms with Gasteiger partial charge in [-0.1, -0.05) is 22.0 Å². The first-order chi connectivity index (χ1) is 6.07. The molecule has 0 aromatic heterocycles. The van der Waals surface area contributed by atoms with Crippen LogP contribution in [0.15, 0.2) is 10.6 Å². The summed E-state index contributed by atoms with van der Waals surface area (Å²) in [6.45, 7) is 3.92. The molecule has 2 saturated heterocycles. The number of rotatable bonds is 0. The molecule has 0 bridgehead atoms. The standard InChI is InChI=1S/C9H12BrNO2/c1-9(2)12-7-4(10)3-5-6(11-5)8(7)13-9/h3,5-8,11H,1-2H3/t5-,6-,7-,8+/m1/s1. The fourth-order valence-corrected chi connectivity index (χ4v) is 2.79. The van der Waals surface area contributed by atoms with Crippen molar-refractivity contribution in [2.75, 3.05) is 0 Å². The highest BCUT2D eigenvalue weighted by molar-refractivity contribution is 9.11. The molecule has 4 atom stereocenters. The number of fused-ring (bicyclic) bond motifs is 3. The second-order valence-corrected chi connectivity index (χ2v) is 5.21. The van der Waals surface area contributed by atoms with Crippen LogP contribution in [-0.2, 0) is 9.47 Å². The summed E-state index contributed by atoms with van der Waals surface area (Å²) in [5.41, 5.74) is 0. The molecule has 2 aliphatic heterocycles. The largest absolute Gasteiger partial charge is 0.342 e. The molecule has 0 unspecified atom stereocenters. The van der Waals surface area contributed by atoms with E-state index in [1.165, 1.54) is 0 Å². The Bertz CT molecular complexity index is 289. The SMILES string of the molecule is CC1(C)O[C@H]2[C@@H]3N[C@@H]3C=C(Br)[C@H]2O1. The maximum atomic E-state index is 5.82.